The van der Waals surface area contributed by atoms with Crippen molar-refractivity contribution in [2.24, 2.45) is 29.4 Å². The lowest BCUT2D eigenvalue weighted by Gasteiger charge is -2.52. The predicted molar refractivity (Wildman–Crippen MR) is 158 cm³/mol. The molecule has 1 saturated heterocycles. The van der Waals surface area contributed by atoms with Crippen molar-refractivity contribution in [2.45, 2.75) is 43.9 Å². The summed E-state index contributed by atoms with van der Waals surface area (Å²) < 4.78 is 0. The summed E-state index contributed by atoms with van der Waals surface area (Å²) in [6, 6.07) is 0.443. The van der Waals surface area contributed by atoms with E-state index in [9.17, 15) is 34.2 Å². The molecule has 6 atom stereocenters. The highest BCUT2D eigenvalue weighted by atomic mass is 16.3. The number of amides is 1. The van der Waals surface area contributed by atoms with E-state index >= 15 is 0 Å². The van der Waals surface area contributed by atoms with Crippen molar-refractivity contribution in [2.75, 3.05) is 66.3 Å². The Morgan fingerprint density at radius 1 is 1.07 bits per heavy atom. The molecule has 3 aliphatic carbocycles. The smallest absolute Gasteiger partial charge is 0.235 e. The number of hydrogen-bond acceptors (Lipinski definition) is 11. The lowest BCUT2D eigenvalue weighted by Crippen LogP contribution is -2.74. The molecule has 12 heteroatoms. The Morgan fingerprint density at radius 2 is 1.72 bits per heavy atom. The first-order valence-electron chi connectivity index (χ1n) is 15.0. The van der Waals surface area contributed by atoms with Gasteiger partial charge in [0, 0.05) is 45.3 Å². The van der Waals surface area contributed by atoms with E-state index in [1.54, 1.807) is 20.2 Å². The second-order valence-corrected chi connectivity index (χ2v) is 13.2. The van der Waals surface area contributed by atoms with Crippen LogP contribution in [0.25, 0.3) is 0 Å². The minimum Gasteiger partial charge on any atom is -0.507 e. The number of anilines is 1. The lowest BCUT2D eigenvalue weighted by molar-refractivity contribution is -0.181. The van der Waals surface area contributed by atoms with Crippen molar-refractivity contribution in [3.05, 3.63) is 22.8 Å². The first-order valence-corrected chi connectivity index (χ1v) is 15.0. The molecular formula is C31H43N5O7. The van der Waals surface area contributed by atoms with Gasteiger partial charge in [-0.05, 0) is 83.0 Å². The van der Waals surface area contributed by atoms with Gasteiger partial charge in [0.2, 0.25) is 5.91 Å². The third-order valence-electron chi connectivity index (χ3n) is 10.00. The molecule has 1 heterocycles. The van der Waals surface area contributed by atoms with Crippen molar-refractivity contribution < 1.29 is 34.2 Å². The third kappa shape index (κ3) is 4.98. The summed E-state index contributed by atoms with van der Waals surface area (Å²) in [7, 11) is 8.90. The summed E-state index contributed by atoms with van der Waals surface area (Å²) in [6.45, 7) is 4.52. The van der Waals surface area contributed by atoms with E-state index in [1.165, 1.54) is 17.7 Å². The van der Waals surface area contributed by atoms with Gasteiger partial charge in [0.05, 0.1) is 17.5 Å². The number of nitrogens with two attached hydrogens (primary N) is 1. The first kappa shape index (κ1) is 31.2. The van der Waals surface area contributed by atoms with Crippen LogP contribution in [0.3, 0.4) is 0 Å². The molecule has 1 aliphatic heterocycles. The molecular weight excluding hydrogens is 554 g/mol. The molecule has 4 N–H and O–H groups in total. The highest BCUT2D eigenvalue weighted by molar-refractivity contribution is 6.32. The Kier molecular flexibility index (Phi) is 8.27. The lowest BCUT2D eigenvalue weighted by atomic mass is 9.52. The fraction of sp³-hybridized carbons (Fsp3) is 0.645. The molecule has 1 amide bonds. The second-order valence-electron chi connectivity index (χ2n) is 13.2. The predicted octanol–water partition coefficient (Wildman–Crippen LogP) is -0.539. The topological polar surface area (TPSA) is 165 Å². The highest BCUT2D eigenvalue weighted by Crippen LogP contribution is 2.52. The van der Waals surface area contributed by atoms with Crippen LogP contribution in [-0.2, 0) is 32.1 Å². The number of Topliss-reactive ketones (excluding diaryl/α,β-unsaturated/α-hetero) is 4. The van der Waals surface area contributed by atoms with E-state index in [0.717, 1.165) is 37.4 Å². The number of carbonyl (C=O) groups excluding carboxylic acids is 5. The number of carbonyl (C=O) groups is 5. The second kappa shape index (κ2) is 11.4. The molecule has 0 bridgehead atoms. The fourth-order valence-corrected chi connectivity index (χ4v) is 8.09. The van der Waals surface area contributed by atoms with Crippen LogP contribution in [0.4, 0.5) is 5.69 Å². The van der Waals surface area contributed by atoms with Crippen molar-refractivity contribution in [3.63, 3.8) is 0 Å². The summed E-state index contributed by atoms with van der Waals surface area (Å²) in [6.07, 6.45) is 2.69. The van der Waals surface area contributed by atoms with Crippen LogP contribution in [0.1, 0.15) is 40.7 Å². The number of likely N-dealkylation sites (tertiary alicyclic amines) is 1. The van der Waals surface area contributed by atoms with Gasteiger partial charge < -0.3 is 30.6 Å². The van der Waals surface area contributed by atoms with Gasteiger partial charge in [-0.3, -0.25) is 28.9 Å². The quantitative estimate of drug-likeness (QED) is 0.330. The van der Waals surface area contributed by atoms with Crippen molar-refractivity contribution >= 4 is 34.7 Å². The van der Waals surface area contributed by atoms with E-state index in [1.807, 2.05) is 26.0 Å². The van der Waals surface area contributed by atoms with Crippen LogP contribution in [0.15, 0.2) is 6.07 Å². The van der Waals surface area contributed by atoms with E-state index in [0.29, 0.717) is 12.1 Å². The number of hydrogen-bond donors (Lipinski definition) is 3. The zero-order valence-corrected chi connectivity index (χ0v) is 25.6. The van der Waals surface area contributed by atoms with Gasteiger partial charge in [-0.15, -0.1) is 0 Å². The summed E-state index contributed by atoms with van der Waals surface area (Å²) in [5.41, 5.74) is 4.92. The Balaban J connectivity index is 1.53. The summed E-state index contributed by atoms with van der Waals surface area (Å²) in [5.74, 6) is -10.4. The minimum atomic E-state index is -2.73. The van der Waals surface area contributed by atoms with Crippen LogP contribution in [-0.4, -0.2) is 127 Å². The van der Waals surface area contributed by atoms with Gasteiger partial charge in [-0.1, -0.05) is 0 Å². The van der Waals surface area contributed by atoms with Crippen LogP contribution in [0.5, 0.6) is 5.75 Å². The number of fused-ring (bicyclic) bond motifs is 3. The van der Waals surface area contributed by atoms with Crippen LogP contribution >= 0.6 is 0 Å². The summed E-state index contributed by atoms with van der Waals surface area (Å²) >= 11 is 0. The van der Waals surface area contributed by atoms with Crippen molar-refractivity contribution in [1.29, 1.82) is 0 Å². The average Bonchev–Trinajstić information content (AvgIpc) is 3.42. The molecule has 234 valence electrons. The van der Waals surface area contributed by atoms with E-state index in [2.05, 4.69) is 9.80 Å². The Morgan fingerprint density at radius 3 is 2.30 bits per heavy atom. The first-order chi connectivity index (χ1) is 20.2. The number of nitrogens with zero attached hydrogens (tertiary/aromatic N) is 4. The summed E-state index contributed by atoms with van der Waals surface area (Å²) in [5, 5.41) is 23.0. The third-order valence-corrected chi connectivity index (χ3v) is 10.00. The maximum absolute atomic E-state index is 14.1. The molecule has 43 heavy (non-hydrogen) atoms. The van der Waals surface area contributed by atoms with Gasteiger partial charge >= 0.3 is 0 Å². The number of ketones is 4. The molecule has 5 rings (SSSR count). The summed E-state index contributed by atoms with van der Waals surface area (Å²) in [4.78, 5) is 75.0. The Hall–Kier alpha value is -3.19. The fourth-order valence-electron chi connectivity index (χ4n) is 8.09. The van der Waals surface area contributed by atoms with Gasteiger partial charge in [0.1, 0.15) is 5.75 Å². The number of aliphatic hydroxyl groups is 1. The molecule has 0 aromatic heterocycles. The van der Waals surface area contributed by atoms with E-state index in [4.69, 9.17) is 5.73 Å². The molecule has 4 aliphatic rings. The zero-order chi connectivity index (χ0) is 31.5. The van der Waals surface area contributed by atoms with Gasteiger partial charge in [-0.25, -0.2) is 0 Å². The van der Waals surface area contributed by atoms with Crippen molar-refractivity contribution in [3.8, 4) is 5.75 Å². The zero-order valence-electron chi connectivity index (χ0n) is 25.6. The molecule has 3 fully saturated rings. The van der Waals surface area contributed by atoms with E-state index < -0.39 is 64.4 Å². The van der Waals surface area contributed by atoms with Gasteiger partial charge in [0.25, 0.3) is 0 Å². The largest absolute Gasteiger partial charge is 0.507 e. The number of primary amides is 1. The number of phenolic OH excluding ortho intramolecular Hbond substituents is 1. The number of rotatable bonds is 8. The van der Waals surface area contributed by atoms with Crippen LogP contribution in [0.2, 0.25) is 0 Å². The minimum absolute atomic E-state index is 0.0127. The van der Waals surface area contributed by atoms with E-state index in [-0.39, 0.29) is 24.2 Å². The normalized spacial score (nSPS) is 30.9. The molecule has 2 unspecified atom stereocenters. The maximum Gasteiger partial charge on any atom is 0.235 e. The molecule has 2 saturated carbocycles. The number of aromatic hydroxyl groups is 1. The standard InChI is InChI=1S/C31H43N5O7/c1-33(2)24-17(15-35(5)10-11-36-8-6-7-9-36)14-20(37)22-18(24)12-16-13-19-25(34(3)4)27(39)23(30(32)42)29(41)31(19,43)28(40)21(16)26(22)38/h14,16,19,21,23,25,37,43H,6-13,15H2,1-5H3,(H2,32,42)/t16-,19-,21?,23?,25-,31-/m0/s1. The van der Waals surface area contributed by atoms with Crippen LogP contribution < -0.4 is 10.6 Å². The van der Waals surface area contributed by atoms with Crippen LogP contribution in [0, 0.1) is 23.7 Å². The van der Waals surface area contributed by atoms with Gasteiger partial charge in [-0.2, -0.15) is 0 Å². The average molecular weight is 598 g/mol. The monoisotopic (exact) mass is 597 g/mol. The molecule has 1 aromatic carbocycles. The van der Waals surface area contributed by atoms with Crippen molar-refractivity contribution in [1.82, 2.24) is 14.7 Å². The highest BCUT2D eigenvalue weighted by Gasteiger charge is 2.69. The number of phenols is 1. The Labute approximate surface area is 251 Å². The molecule has 12 nitrogen and oxygen atoms in total. The Bertz CT molecular complexity index is 1370. The molecule has 1 aromatic rings. The number of likely N-dealkylation sites (N-methyl/N-ethyl adjacent to an activating group) is 2. The molecule has 0 radical (unpaired) electrons. The number of benzene rings is 1. The maximum atomic E-state index is 14.1. The SMILES string of the molecule is CN(CCN1CCCC1)Cc1cc(O)c2c(c1N(C)C)C[C@H]1C[C@H]3[C@H](N(C)C)C(=O)C(C(N)=O)C(=O)[C@@]3(O)C(=O)C1C2=O. The molecule has 0 spiro atoms. The van der Waals surface area contributed by atoms with Gasteiger partial charge in [0.15, 0.2) is 34.7 Å².